The molecule has 2 aliphatic rings. The molecule has 4 rings (SSSR count). The van der Waals surface area contributed by atoms with E-state index >= 15 is 0 Å². The Morgan fingerprint density at radius 3 is 2.56 bits per heavy atom. The molecule has 0 saturated heterocycles. The van der Waals surface area contributed by atoms with Crippen LogP contribution in [0.25, 0.3) is 0 Å². The van der Waals surface area contributed by atoms with Crippen molar-refractivity contribution in [2.75, 3.05) is 13.6 Å². The zero-order chi connectivity index (χ0) is 18.7. The van der Waals surface area contributed by atoms with Crippen molar-refractivity contribution in [3.8, 4) is 5.75 Å². The summed E-state index contributed by atoms with van der Waals surface area (Å²) in [6.45, 7) is 1.29. The predicted molar refractivity (Wildman–Crippen MR) is 107 cm³/mol. The standard InChI is InChI=1S/C23H28N2O2/c1-24-20-11-13-23(14-12-20)17-25(16-19-9-5-6-10-21(19)27-23)22(26)15-18-7-3-2-4-8-18/h2-10,20,24H,11-17H2,1H3. The van der Waals surface area contributed by atoms with Crippen LogP contribution in [0, 0.1) is 0 Å². The number of nitrogens with one attached hydrogen (secondary N) is 1. The van der Waals surface area contributed by atoms with Gasteiger partial charge in [-0.15, -0.1) is 0 Å². The highest BCUT2D eigenvalue weighted by atomic mass is 16.5. The fourth-order valence-corrected chi connectivity index (χ4v) is 4.36. The highest BCUT2D eigenvalue weighted by Gasteiger charge is 2.41. The molecule has 1 aliphatic heterocycles. The van der Waals surface area contributed by atoms with Crippen molar-refractivity contribution in [3.05, 3.63) is 65.7 Å². The quantitative estimate of drug-likeness (QED) is 0.906. The number of nitrogens with zero attached hydrogens (tertiary/aromatic N) is 1. The summed E-state index contributed by atoms with van der Waals surface area (Å²) in [5.74, 6) is 1.12. The van der Waals surface area contributed by atoms with Gasteiger partial charge < -0.3 is 15.0 Å². The zero-order valence-corrected chi connectivity index (χ0v) is 16.0. The fourth-order valence-electron chi connectivity index (χ4n) is 4.36. The van der Waals surface area contributed by atoms with Crippen LogP contribution < -0.4 is 10.1 Å². The molecule has 4 nitrogen and oxygen atoms in total. The fraction of sp³-hybridized carbons (Fsp3) is 0.435. The van der Waals surface area contributed by atoms with Gasteiger partial charge in [0.1, 0.15) is 11.4 Å². The van der Waals surface area contributed by atoms with Gasteiger partial charge in [0.25, 0.3) is 0 Å². The number of hydrogen-bond acceptors (Lipinski definition) is 3. The van der Waals surface area contributed by atoms with Crippen LogP contribution >= 0.6 is 0 Å². The second-order valence-electron chi connectivity index (χ2n) is 7.87. The Kier molecular flexibility index (Phi) is 5.17. The normalized spacial score (nSPS) is 24.8. The maximum Gasteiger partial charge on any atom is 0.227 e. The van der Waals surface area contributed by atoms with Gasteiger partial charge in [-0.3, -0.25) is 4.79 Å². The van der Waals surface area contributed by atoms with Crippen molar-refractivity contribution < 1.29 is 9.53 Å². The van der Waals surface area contributed by atoms with E-state index in [-0.39, 0.29) is 11.5 Å². The Morgan fingerprint density at radius 2 is 1.81 bits per heavy atom. The molecule has 0 aromatic heterocycles. The molecular weight excluding hydrogens is 336 g/mol. The van der Waals surface area contributed by atoms with Gasteiger partial charge in [-0.05, 0) is 44.4 Å². The highest BCUT2D eigenvalue weighted by molar-refractivity contribution is 5.79. The average molecular weight is 364 g/mol. The topological polar surface area (TPSA) is 41.6 Å². The van der Waals surface area contributed by atoms with Crippen LogP contribution in [0.5, 0.6) is 5.75 Å². The third kappa shape index (κ3) is 4.01. The number of rotatable bonds is 3. The lowest BCUT2D eigenvalue weighted by Gasteiger charge is -2.41. The Balaban J connectivity index is 1.59. The number of carbonyl (C=O) groups excluding carboxylic acids is 1. The lowest BCUT2D eigenvalue weighted by molar-refractivity contribution is -0.134. The van der Waals surface area contributed by atoms with E-state index in [4.69, 9.17) is 4.74 Å². The first-order chi connectivity index (χ1) is 13.2. The molecule has 1 fully saturated rings. The summed E-state index contributed by atoms with van der Waals surface area (Å²) in [4.78, 5) is 15.1. The van der Waals surface area contributed by atoms with Crippen molar-refractivity contribution in [3.63, 3.8) is 0 Å². The lowest BCUT2D eigenvalue weighted by Crippen LogP contribution is -2.51. The monoisotopic (exact) mass is 364 g/mol. The molecule has 27 heavy (non-hydrogen) atoms. The molecule has 1 aliphatic carbocycles. The van der Waals surface area contributed by atoms with E-state index in [1.807, 2.05) is 60.5 Å². The number of benzene rings is 2. The summed E-state index contributed by atoms with van der Waals surface area (Å²) in [6.07, 6.45) is 4.56. The summed E-state index contributed by atoms with van der Waals surface area (Å²) in [5.41, 5.74) is 1.90. The Labute approximate surface area is 161 Å². The van der Waals surface area contributed by atoms with Crippen molar-refractivity contribution in [1.82, 2.24) is 10.2 Å². The molecule has 1 N–H and O–H groups in total. The van der Waals surface area contributed by atoms with E-state index in [2.05, 4.69) is 11.4 Å². The smallest absolute Gasteiger partial charge is 0.227 e. The van der Waals surface area contributed by atoms with E-state index in [1.165, 1.54) is 0 Å². The molecule has 1 heterocycles. The summed E-state index contributed by atoms with van der Waals surface area (Å²) >= 11 is 0. The Morgan fingerprint density at radius 1 is 1.11 bits per heavy atom. The van der Waals surface area contributed by atoms with E-state index in [9.17, 15) is 4.79 Å². The summed E-state index contributed by atoms with van der Waals surface area (Å²) < 4.78 is 6.59. The minimum atomic E-state index is -0.272. The zero-order valence-electron chi connectivity index (χ0n) is 16.0. The van der Waals surface area contributed by atoms with Gasteiger partial charge in [-0.1, -0.05) is 48.5 Å². The van der Waals surface area contributed by atoms with Crippen LogP contribution in [0.3, 0.4) is 0 Å². The van der Waals surface area contributed by atoms with Crippen molar-refractivity contribution >= 4 is 5.91 Å². The van der Waals surface area contributed by atoms with Gasteiger partial charge in [0.15, 0.2) is 0 Å². The molecule has 0 unspecified atom stereocenters. The number of fused-ring (bicyclic) bond motifs is 1. The first kappa shape index (κ1) is 18.1. The average Bonchev–Trinajstić information content (AvgIpc) is 2.86. The van der Waals surface area contributed by atoms with Gasteiger partial charge >= 0.3 is 0 Å². The maximum absolute atomic E-state index is 13.1. The lowest BCUT2D eigenvalue weighted by atomic mass is 9.81. The molecule has 2 aromatic rings. The minimum absolute atomic E-state index is 0.177. The van der Waals surface area contributed by atoms with Crippen LogP contribution in [0.2, 0.25) is 0 Å². The molecule has 142 valence electrons. The molecule has 0 atom stereocenters. The minimum Gasteiger partial charge on any atom is -0.485 e. The van der Waals surface area contributed by atoms with Gasteiger partial charge in [0.2, 0.25) is 5.91 Å². The first-order valence-electron chi connectivity index (χ1n) is 9.93. The Hall–Kier alpha value is -2.33. The third-order valence-corrected chi connectivity index (χ3v) is 6.00. The van der Waals surface area contributed by atoms with Crippen LogP contribution in [0.4, 0.5) is 0 Å². The second kappa shape index (κ2) is 7.73. The van der Waals surface area contributed by atoms with E-state index < -0.39 is 0 Å². The molecule has 0 radical (unpaired) electrons. The first-order valence-corrected chi connectivity index (χ1v) is 9.93. The number of para-hydroxylation sites is 1. The SMILES string of the molecule is CNC1CCC2(CC1)CN(C(=O)Cc1ccccc1)Cc1ccccc1O2. The molecule has 1 spiro atoms. The Bertz CT molecular complexity index is 782. The number of hydrogen-bond donors (Lipinski definition) is 1. The molecule has 2 aromatic carbocycles. The van der Waals surface area contributed by atoms with Gasteiger partial charge in [0.05, 0.1) is 13.0 Å². The maximum atomic E-state index is 13.1. The summed E-state index contributed by atoms with van der Waals surface area (Å²) in [6, 6.07) is 18.7. The van der Waals surface area contributed by atoms with Gasteiger partial charge in [0, 0.05) is 18.2 Å². The van der Waals surface area contributed by atoms with E-state index in [0.29, 0.717) is 25.6 Å². The molecule has 1 saturated carbocycles. The van der Waals surface area contributed by atoms with Crippen molar-refractivity contribution in [1.29, 1.82) is 0 Å². The second-order valence-corrected chi connectivity index (χ2v) is 7.87. The van der Waals surface area contributed by atoms with Crippen LogP contribution in [-0.2, 0) is 17.8 Å². The van der Waals surface area contributed by atoms with Gasteiger partial charge in [-0.2, -0.15) is 0 Å². The summed E-state index contributed by atoms with van der Waals surface area (Å²) in [7, 11) is 2.03. The van der Waals surface area contributed by atoms with Crippen molar-refractivity contribution in [2.45, 2.75) is 50.3 Å². The van der Waals surface area contributed by atoms with Crippen LogP contribution in [0.1, 0.15) is 36.8 Å². The number of carbonyl (C=O) groups is 1. The number of ether oxygens (including phenoxy) is 1. The number of amides is 1. The molecular formula is C23H28N2O2. The van der Waals surface area contributed by atoms with Gasteiger partial charge in [-0.25, -0.2) is 0 Å². The van der Waals surface area contributed by atoms with Crippen LogP contribution in [0.15, 0.2) is 54.6 Å². The van der Waals surface area contributed by atoms with Crippen molar-refractivity contribution in [2.24, 2.45) is 0 Å². The van der Waals surface area contributed by atoms with Crippen LogP contribution in [-0.4, -0.2) is 36.0 Å². The third-order valence-electron chi connectivity index (χ3n) is 6.00. The molecule has 4 heteroatoms. The predicted octanol–water partition coefficient (Wildman–Crippen LogP) is 3.55. The molecule has 1 amide bonds. The summed E-state index contributed by atoms with van der Waals surface area (Å²) in [5, 5.41) is 3.39. The molecule has 0 bridgehead atoms. The highest BCUT2D eigenvalue weighted by Crippen LogP contribution is 2.38. The van der Waals surface area contributed by atoms with E-state index in [0.717, 1.165) is 42.6 Å². The largest absolute Gasteiger partial charge is 0.485 e. The van der Waals surface area contributed by atoms with E-state index in [1.54, 1.807) is 0 Å².